The number of fused-ring (bicyclic) bond motifs is 1. The van der Waals surface area contributed by atoms with Gasteiger partial charge in [0.2, 0.25) is 5.75 Å². The molecule has 34 heavy (non-hydrogen) atoms. The Morgan fingerprint density at radius 3 is 2.47 bits per heavy atom. The van der Waals surface area contributed by atoms with Crippen molar-refractivity contribution in [3.8, 4) is 17.2 Å². The van der Waals surface area contributed by atoms with Crippen molar-refractivity contribution in [2.75, 3.05) is 32.8 Å². The molecule has 0 radical (unpaired) electrons. The summed E-state index contributed by atoms with van der Waals surface area (Å²) in [5.41, 5.74) is 2.56. The highest BCUT2D eigenvalue weighted by atomic mass is 32.1. The van der Waals surface area contributed by atoms with Gasteiger partial charge in [0.1, 0.15) is 0 Å². The van der Waals surface area contributed by atoms with E-state index in [0.29, 0.717) is 34.5 Å². The maximum Gasteiger partial charge on any atom is 0.260 e. The fourth-order valence-electron chi connectivity index (χ4n) is 3.77. The smallest absolute Gasteiger partial charge is 0.260 e. The molecule has 0 spiro atoms. The Morgan fingerprint density at radius 1 is 1.09 bits per heavy atom. The summed E-state index contributed by atoms with van der Waals surface area (Å²) >= 11 is 1.52. The second-order valence-corrected chi connectivity index (χ2v) is 8.69. The Balaban J connectivity index is 1.70. The molecule has 0 aliphatic rings. The van der Waals surface area contributed by atoms with Crippen molar-refractivity contribution in [3.63, 3.8) is 0 Å². The van der Waals surface area contributed by atoms with E-state index in [2.05, 4.69) is 24.0 Å². The number of amides is 1. The van der Waals surface area contributed by atoms with Crippen LogP contribution < -0.4 is 19.1 Å². The van der Waals surface area contributed by atoms with Crippen LogP contribution in [0.15, 0.2) is 49.1 Å². The lowest BCUT2D eigenvalue weighted by atomic mass is 10.1. The van der Waals surface area contributed by atoms with Crippen LogP contribution in [-0.2, 0) is 13.0 Å². The summed E-state index contributed by atoms with van der Waals surface area (Å²) in [5, 5.41) is 0.660. The van der Waals surface area contributed by atoms with Gasteiger partial charge in [-0.25, -0.2) is 9.97 Å². The number of nitrogens with zero attached hydrogens (tertiary/aromatic N) is 4. The zero-order valence-corrected chi connectivity index (χ0v) is 20.6. The number of anilines is 1. The molecule has 0 unspecified atom stereocenters. The lowest BCUT2D eigenvalue weighted by Crippen LogP contribution is -2.32. The molecular weight excluding hydrogens is 452 g/mol. The molecule has 2 aromatic carbocycles. The van der Waals surface area contributed by atoms with E-state index in [1.54, 1.807) is 29.6 Å². The van der Waals surface area contributed by atoms with Gasteiger partial charge >= 0.3 is 0 Å². The molecule has 9 heteroatoms. The lowest BCUT2D eigenvalue weighted by molar-refractivity contribution is 0.0985. The number of hydrogen-bond donors (Lipinski definition) is 0. The SMILES string of the molecule is CCc1ccc2nc(N(CCCn3ccnc3)C(=O)c3cc(OC)c(OC)c(OC)c3)sc2c1. The fourth-order valence-corrected chi connectivity index (χ4v) is 4.82. The van der Waals surface area contributed by atoms with Crippen molar-refractivity contribution in [1.82, 2.24) is 14.5 Å². The summed E-state index contributed by atoms with van der Waals surface area (Å²) in [7, 11) is 4.61. The van der Waals surface area contributed by atoms with Crippen molar-refractivity contribution in [2.45, 2.75) is 26.3 Å². The van der Waals surface area contributed by atoms with E-state index in [1.165, 1.54) is 38.2 Å². The van der Waals surface area contributed by atoms with Crippen LogP contribution in [0.1, 0.15) is 29.3 Å². The molecule has 0 atom stereocenters. The summed E-state index contributed by atoms with van der Waals surface area (Å²) in [6, 6.07) is 9.59. The van der Waals surface area contributed by atoms with Crippen LogP contribution in [0.5, 0.6) is 17.2 Å². The predicted molar refractivity (Wildman–Crippen MR) is 134 cm³/mol. The molecule has 0 aliphatic heterocycles. The van der Waals surface area contributed by atoms with Crippen molar-refractivity contribution in [3.05, 3.63) is 60.2 Å². The van der Waals surface area contributed by atoms with Crippen LogP contribution in [0.2, 0.25) is 0 Å². The third-order valence-corrected chi connectivity index (χ3v) is 6.64. The summed E-state index contributed by atoms with van der Waals surface area (Å²) in [6.45, 7) is 3.36. The van der Waals surface area contributed by atoms with Gasteiger partial charge in [0, 0.05) is 31.0 Å². The Labute approximate surface area is 202 Å². The molecule has 178 valence electrons. The molecular formula is C25H28N4O4S. The van der Waals surface area contributed by atoms with Gasteiger partial charge in [0.05, 0.1) is 37.9 Å². The number of hydrogen-bond acceptors (Lipinski definition) is 7. The second kappa shape index (κ2) is 10.6. The molecule has 8 nitrogen and oxygen atoms in total. The number of methoxy groups -OCH3 is 3. The third-order valence-electron chi connectivity index (χ3n) is 5.59. The number of carbonyl (C=O) groups is 1. The van der Waals surface area contributed by atoms with Gasteiger partial charge in [-0.3, -0.25) is 9.69 Å². The average molecular weight is 481 g/mol. The van der Waals surface area contributed by atoms with Gasteiger partial charge < -0.3 is 18.8 Å². The highest BCUT2D eigenvalue weighted by Gasteiger charge is 2.24. The Kier molecular flexibility index (Phi) is 7.32. The van der Waals surface area contributed by atoms with Crippen molar-refractivity contribution in [2.24, 2.45) is 0 Å². The zero-order chi connectivity index (χ0) is 24.1. The Bertz CT molecular complexity index is 1240. The van der Waals surface area contributed by atoms with Gasteiger partial charge in [-0.2, -0.15) is 0 Å². The number of rotatable bonds is 10. The molecule has 4 aromatic rings. The van der Waals surface area contributed by atoms with Crippen LogP contribution >= 0.6 is 11.3 Å². The molecule has 1 amide bonds. The van der Waals surface area contributed by atoms with Crippen LogP contribution in [0.4, 0.5) is 5.13 Å². The third kappa shape index (κ3) is 4.84. The fraction of sp³-hybridized carbons (Fsp3) is 0.320. The molecule has 4 rings (SSSR count). The minimum absolute atomic E-state index is 0.181. The average Bonchev–Trinajstić information content (AvgIpc) is 3.54. The second-order valence-electron chi connectivity index (χ2n) is 7.68. The van der Waals surface area contributed by atoms with E-state index in [9.17, 15) is 4.79 Å². The first-order valence-corrected chi connectivity index (χ1v) is 11.9. The first-order valence-electron chi connectivity index (χ1n) is 11.0. The maximum atomic E-state index is 13.8. The summed E-state index contributed by atoms with van der Waals surface area (Å²) in [6.07, 6.45) is 7.12. The number of thiazole rings is 1. The maximum absolute atomic E-state index is 13.8. The first kappa shape index (κ1) is 23.6. The van der Waals surface area contributed by atoms with E-state index in [0.717, 1.165) is 29.6 Å². The first-order chi connectivity index (χ1) is 16.6. The van der Waals surface area contributed by atoms with Gasteiger partial charge in [-0.1, -0.05) is 24.3 Å². The van der Waals surface area contributed by atoms with Gasteiger partial charge in [0.15, 0.2) is 16.6 Å². The van der Waals surface area contributed by atoms with Gasteiger partial charge in [-0.15, -0.1) is 0 Å². The number of ether oxygens (including phenoxy) is 3. The van der Waals surface area contributed by atoms with E-state index in [4.69, 9.17) is 19.2 Å². The topological polar surface area (TPSA) is 78.7 Å². The zero-order valence-electron chi connectivity index (χ0n) is 19.8. The largest absolute Gasteiger partial charge is 0.493 e. The molecule has 0 aliphatic carbocycles. The molecule has 0 fully saturated rings. The standard InChI is InChI=1S/C25H28N4O4S/c1-5-17-7-8-19-22(13-17)34-25(27-19)29(11-6-10-28-12-9-26-16-28)24(30)18-14-20(31-2)23(33-4)21(15-18)32-3/h7-9,12-16H,5-6,10-11H2,1-4H3. The number of benzene rings is 2. The van der Waals surface area contributed by atoms with E-state index in [-0.39, 0.29) is 5.91 Å². The van der Waals surface area contributed by atoms with Gasteiger partial charge in [0.25, 0.3) is 5.91 Å². The van der Waals surface area contributed by atoms with Crippen LogP contribution in [0, 0.1) is 0 Å². The normalized spacial score (nSPS) is 10.9. The molecule has 0 saturated carbocycles. The molecule has 2 aromatic heterocycles. The van der Waals surface area contributed by atoms with Crippen LogP contribution in [-0.4, -0.2) is 48.3 Å². The van der Waals surface area contributed by atoms with Gasteiger partial charge in [-0.05, 0) is 42.7 Å². The molecule has 2 heterocycles. The van der Waals surface area contributed by atoms with E-state index >= 15 is 0 Å². The molecule has 0 N–H and O–H groups in total. The minimum atomic E-state index is -0.181. The number of aromatic nitrogens is 3. The highest BCUT2D eigenvalue weighted by Crippen LogP contribution is 2.39. The summed E-state index contributed by atoms with van der Waals surface area (Å²) < 4.78 is 19.4. The van der Waals surface area contributed by atoms with Crippen molar-refractivity contribution >= 4 is 32.6 Å². The van der Waals surface area contributed by atoms with E-state index in [1.807, 2.05) is 16.8 Å². The Morgan fingerprint density at radius 2 is 1.85 bits per heavy atom. The Hall–Kier alpha value is -3.59. The van der Waals surface area contributed by atoms with Crippen LogP contribution in [0.3, 0.4) is 0 Å². The summed E-state index contributed by atoms with van der Waals surface area (Å²) in [5.74, 6) is 1.13. The summed E-state index contributed by atoms with van der Waals surface area (Å²) in [4.78, 5) is 24.4. The number of imidazole rings is 1. The number of carbonyl (C=O) groups excluding carboxylic acids is 1. The van der Waals surface area contributed by atoms with E-state index < -0.39 is 0 Å². The molecule has 0 bridgehead atoms. The minimum Gasteiger partial charge on any atom is -0.493 e. The predicted octanol–water partition coefficient (Wildman–Crippen LogP) is 4.82. The van der Waals surface area contributed by atoms with Crippen LogP contribution in [0.25, 0.3) is 10.2 Å². The monoisotopic (exact) mass is 480 g/mol. The number of aryl methyl sites for hydroxylation is 2. The lowest BCUT2D eigenvalue weighted by Gasteiger charge is -2.21. The quantitative estimate of drug-likeness (QED) is 0.324. The van der Waals surface area contributed by atoms with Crippen molar-refractivity contribution in [1.29, 1.82) is 0 Å². The molecule has 0 saturated heterocycles. The van der Waals surface area contributed by atoms with Crippen molar-refractivity contribution < 1.29 is 19.0 Å². The highest BCUT2D eigenvalue weighted by molar-refractivity contribution is 7.22.